The molecule has 2 N–H and O–H groups in total. The van der Waals surface area contributed by atoms with Crippen LogP contribution in [-0.2, 0) is 9.47 Å². The van der Waals surface area contributed by atoms with Crippen LogP contribution in [0.4, 0.5) is 0 Å². The van der Waals surface area contributed by atoms with Crippen LogP contribution in [0.25, 0.3) is 0 Å². The Balaban J connectivity index is 2.14. The summed E-state index contributed by atoms with van der Waals surface area (Å²) in [7, 11) is 0. The van der Waals surface area contributed by atoms with E-state index < -0.39 is 0 Å². The highest BCUT2D eigenvalue weighted by Gasteiger charge is 2.28. The fourth-order valence-corrected chi connectivity index (χ4v) is 2.67. The molecule has 0 radical (unpaired) electrons. The van der Waals surface area contributed by atoms with Crippen LogP contribution in [0.2, 0.25) is 0 Å². The van der Waals surface area contributed by atoms with Crippen LogP contribution in [0.5, 0.6) is 0 Å². The molecule has 1 aliphatic rings. The number of hydrogen-bond donors (Lipinski definition) is 1. The van der Waals surface area contributed by atoms with Gasteiger partial charge in [0.15, 0.2) is 0 Å². The molecule has 3 nitrogen and oxygen atoms in total. The van der Waals surface area contributed by atoms with E-state index in [4.69, 9.17) is 15.2 Å². The van der Waals surface area contributed by atoms with Crippen molar-refractivity contribution in [3.8, 4) is 0 Å². The third-order valence-corrected chi connectivity index (χ3v) is 3.66. The van der Waals surface area contributed by atoms with Crippen molar-refractivity contribution in [2.24, 2.45) is 17.6 Å². The molecule has 0 aliphatic heterocycles. The molecule has 1 aliphatic carbocycles. The van der Waals surface area contributed by atoms with Gasteiger partial charge in [0.2, 0.25) is 0 Å². The van der Waals surface area contributed by atoms with Gasteiger partial charge in [0.05, 0.1) is 19.3 Å². The lowest BCUT2D eigenvalue weighted by Crippen LogP contribution is -2.42. The van der Waals surface area contributed by atoms with Gasteiger partial charge in [-0.05, 0) is 31.1 Å². The predicted octanol–water partition coefficient (Wildman–Crippen LogP) is 2.97. The molecule has 0 amide bonds. The van der Waals surface area contributed by atoms with Crippen molar-refractivity contribution in [2.45, 2.75) is 65.0 Å². The quantitative estimate of drug-likeness (QED) is 0.680. The van der Waals surface area contributed by atoms with E-state index in [0.29, 0.717) is 19.1 Å². The van der Waals surface area contributed by atoms with Crippen molar-refractivity contribution >= 4 is 0 Å². The Morgan fingerprint density at radius 3 is 2.67 bits per heavy atom. The van der Waals surface area contributed by atoms with Crippen molar-refractivity contribution in [1.82, 2.24) is 0 Å². The summed E-state index contributed by atoms with van der Waals surface area (Å²) in [6.07, 6.45) is 6.36. The zero-order valence-electron chi connectivity index (χ0n) is 12.4. The third kappa shape index (κ3) is 6.17. The minimum atomic E-state index is 0.225. The van der Waals surface area contributed by atoms with Crippen LogP contribution in [0.3, 0.4) is 0 Å². The first-order valence-electron chi connectivity index (χ1n) is 7.58. The zero-order chi connectivity index (χ0) is 13.4. The first kappa shape index (κ1) is 15.9. The molecule has 0 heterocycles. The fraction of sp³-hybridized carbons (Fsp3) is 1.00. The van der Waals surface area contributed by atoms with Crippen molar-refractivity contribution in [3.05, 3.63) is 0 Å². The highest BCUT2D eigenvalue weighted by Crippen LogP contribution is 2.28. The van der Waals surface area contributed by atoms with E-state index in [1.165, 1.54) is 19.3 Å². The van der Waals surface area contributed by atoms with Gasteiger partial charge in [0.1, 0.15) is 0 Å². The Morgan fingerprint density at radius 2 is 2.00 bits per heavy atom. The number of ether oxygens (including phenoxy) is 2. The second-order valence-electron chi connectivity index (χ2n) is 6.01. The molecule has 3 atom stereocenters. The molecule has 1 saturated carbocycles. The lowest BCUT2D eigenvalue weighted by molar-refractivity contribution is -0.0328. The maximum atomic E-state index is 6.13. The second kappa shape index (κ2) is 8.89. The highest BCUT2D eigenvalue weighted by atomic mass is 16.5. The van der Waals surface area contributed by atoms with Crippen molar-refractivity contribution < 1.29 is 9.47 Å². The van der Waals surface area contributed by atoms with E-state index >= 15 is 0 Å². The molecule has 0 aromatic heterocycles. The van der Waals surface area contributed by atoms with Crippen molar-refractivity contribution in [1.29, 1.82) is 0 Å². The SMILES string of the molecule is CCCC1CCC(N)C(OCCOCC(C)C)C1. The molecular weight excluding hydrogens is 226 g/mol. The minimum absolute atomic E-state index is 0.225. The van der Waals surface area contributed by atoms with E-state index in [1.807, 2.05) is 0 Å². The van der Waals surface area contributed by atoms with Crippen LogP contribution in [-0.4, -0.2) is 32.0 Å². The van der Waals surface area contributed by atoms with Gasteiger partial charge in [0.25, 0.3) is 0 Å². The van der Waals surface area contributed by atoms with E-state index in [0.717, 1.165) is 25.4 Å². The van der Waals surface area contributed by atoms with E-state index in [-0.39, 0.29) is 12.1 Å². The molecule has 18 heavy (non-hydrogen) atoms. The van der Waals surface area contributed by atoms with Gasteiger partial charge in [-0.15, -0.1) is 0 Å². The number of rotatable bonds is 8. The maximum Gasteiger partial charge on any atom is 0.0729 e. The van der Waals surface area contributed by atoms with Crippen LogP contribution in [0.15, 0.2) is 0 Å². The fourth-order valence-electron chi connectivity index (χ4n) is 2.67. The van der Waals surface area contributed by atoms with Gasteiger partial charge in [0, 0.05) is 12.6 Å². The zero-order valence-corrected chi connectivity index (χ0v) is 12.4. The minimum Gasteiger partial charge on any atom is -0.379 e. The number of nitrogens with two attached hydrogens (primary N) is 1. The van der Waals surface area contributed by atoms with Crippen molar-refractivity contribution in [2.75, 3.05) is 19.8 Å². The first-order chi connectivity index (χ1) is 8.63. The molecule has 0 aromatic rings. The summed E-state index contributed by atoms with van der Waals surface area (Å²) in [5.74, 6) is 1.41. The molecule has 0 bridgehead atoms. The smallest absolute Gasteiger partial charge is 0.0729 e. The summed E-state index contributed by atoms with van der Waals surface area (Å²) in [6, 6.07) is 0.225. The lowest BCUT2D eigenvalue weighted by atomic mass is 9.82. The average molecular weight is 257 g/mol. The Labute approximate surface area is 112 Å². The standard InChI is InChI=1S/C15H31NO2/c1-4-5-13-6-7-14(16)15(10-13)18-9-8-17-11-12(2)3/h12-15H,4-11,16H2,1-3H3. The molecule has 0 saturated heterocycles. The topological polar surface area (TPSA) is 44.5 Å². The van der Waals surface area contributed by atoms with E-state index in [2.05, 4.69) is 20.8 Å². The highest BCUT2D eigenvalue weighted by molar-refractivity contribution is 4.83. The summed E-state index contributed by atoms with van der Waals surface area (Å²) in [5, 5.41) is 0. The molecule has 3 heteroatoms. The third-order valence-electron chi connectivity index (χ3n) is 3.66. The van der Waals surface area contributed by atoms with Gasteiger partial charge in [-0.2, -0.15) is 0 Å². The average Bonchev–Trinajstić information content (AvgIpc) is 2.32. The molecular formula is C15H31NO2. The van der Waals surface area contributed by atoms with Gasteiger partial charge >= 0.3 is 0 Å². The maximum absolute atomic E-state index is 6.13. The van der Waals surface area contributed by atoms with Crippen molar-refractivity contribution in [3.63, 3.8) is 0 Å². The largest absolute Gasteiger partial charge is 0.379 e. The molecule has 3 unspecified atom stereocenters. The molecule has 1 rings (SSSR count). The predicted molar refractivity (Wildman–Crippen MR) is 75.6 cm³/mol. The summed E-state index contributed by atoms with van der Waals surface area (Å²) in [6.45, 7) is 8.77. The molecule has 108 valence electrons. The molecule has 1 fully saturated rings. The summed E-state index contributed by atoms with van der Waals surface area (Å²) < 4.78 is 11.4. The first-order valence-corrected chi connectivity index (χ1v) is 7.58. The Morgan fingerprint density at radius 1 is 1.22 bits per heavy atom. The monoisotopic (exact) mass is 257 g/mol. The Bertz CT molecular complexity index is 209. The van der Waals surface area contributed by atoms with Gasteiger partial charge in [-0.25, -0.2) is 0 Å². The van der Waals surface area contributed by atoms with Crippen LogP contribution < -0.4 is 5.73 Å². The van der Waals surface area contributed by atoms with Gasteiger partial charge < -0.3 is 15.2 Å². The molecule has 0 aromatic carbocycles. The Hall–Kier alpha value is -0.120. The van der Waals surface area contributed by atoms with E-state index in [1.54, 1.807) is 0 Å². The van der Waals surface area contributed by atoms with Crippen LogP contribution in [0.1, 0.15) is 52.9 Å². The van der Waals surface area contributed by atoms with E-state index in [9.17, 15) is 0 Å². The molecule has 0 spiro atoms. The van der Waals surface area contributed by atoms with Crippen LogP contribution >= 0.6 is 0 Å². The van der Waals surface area contributed by atoms with Gasteiger partial charge in [-0.3, -0.25) is 0 Å². The number of hydrogen-bond acceptors (Lipinski definition) is 3. The van der Waals surface area contributed by atoms with Gasteiger partial charge in [-0.1, -0.05) is 33.6 Å². The summed E-state index contributed by atoms with van der Waals surface area (Å²) in [4.78, 5) is 0. The summed E-state index contributed by atoms with van der Waals surface area (Å²) >= 11 is 0. The lowest BCUT2D eigenvalue weighted by Gasteiger charge is -2.34. The Kier molecular flexibility index (Phi) is 7.87. The normalized spacial score (nSPS) is 28.8. The second-order valence-corrected chi connectivity index (χ2v) is 6.01. The summed E-state index contributed by atoms with van der Waals surface area (Å²) in [5.41, 5.74) is 6.13. The van der Waals surface area contributed by atoms with Crippen LogP contribution in [0, 0.1) is 11.8 Å².